The summed E-state index contributed by atoms with van der Waals surface area (Å²) in [4.78, 5) is 29.3. The Morgan fingerprint density at radius 3 is 2.70 bits per heavy atom. The molecule has 2 amide bonds. The average molecular weight is 396 g/mol. The van der Waals surface area contributed by atoms with Crippen molar-refractivity contribution in [3.63, 3.8) is 0 Å². The highest BCUT2D eigenvalue weighted by atomic mass is 35.5. The van der Waals surface area contributed by atoms with E-state index in [9.17, 15) is 19.1 Å². The third-order valence-corrected chi connectivity index (χ3v) is 6.33. The van der Waals surface area contributed by atoms with Gasteiger partial charge in [0.15, 0.2) is 0 Å². The molecule has 2 aliphatic heterocycles. The van der Waals surface area contributed by atoms with Gasteiger partial charge in [0.1, 0.15) is 5.82 Å². The summed E-state index contributed by atoms with van der Waals surface area (Å²) in [6.07, 6.45) is 0.0784. The first-order valence-corrected chi connectivity index (χ1v) is 9.70. The van der Waals surface area contributed by atoms with E-state index in [-0.39, 0.29) is 24.0 Å². The van der Waals surface area contributed by atoms with Crippen LogP contribution in [-0.2, 0) is 16.1 Å². The summed E-state index contributed by atoms with van der Waals surface area (Å²) in [7, 11) is 0. The molecular weight excluding hydrogens is 373 g/mol. The standard InChI is InChI=1S/C19H23ClFN3O3/c1-2-23-9-14-15(10-23)16(14)24-4-3-19(27,18(24)26)17(25)22-8-11-5-12(20)7-13(21)6-11/h5-7,14-16,27H,2-4,8-10H2,1H3,(H,22,25). The van der Waals surface area contributed by atoms with E-state index in [4.69, 9.17) is 11.6 Å². The molecule has 2 saturated heterocycles. The monoisotopic (exact) mass is 395 g/mol. The van der Waals surface area contributed by atoms with Crippen molar-refractivity contribution >= 4 is 23.4 Å². The summed E-state index contributed by atoms with van der Waals surface area (Å²) in [6, 6.07) is 4.10. The van der Waals surface area contributed by atoms with Gasteiger partial charge in [0, 0.05) is 43.7 Å². The molecule has 0 spiro atoms. The first-order valence-electron chi connectivity index (χ1n) is 9.32. The molecule has 146 valence electrons. The van der Waals surface area contributed by atoms with Crippen LogP contribution >= 0.6 is 11.6 Å². The molecule has 3 atom stereocenters. The van der Waals surface area contributed by atoms with E-state index in [1.54, 1.807) is 4.90 Å². The lowest BCUT2D eigenvalue weighted by Gasteiger charge is -2.25. The minimum absolute atomic E-state index is 0.00789. The van der Waals surface area contributed by atoms with Crippen molar-refractivity contribution in [3.05, 3.63) is 34.6 Å². The Hall–Kier alpha value is -1.70. The normalized spacial score (nSPS) is 32.7. The molecule has 0 bridgehead atoms. The van der Waals surface area contributed by atoms with Gasteiger partial charge in [-0.25, -0.2) is 4.39 Å². The molecule has 1 saturated carbocycles. The van der Waals surface area contributed by atoms with Crippen LogP contribution in [0.15, 0.2) is 18.2 Å². The van der Waals surface area contributed by atoms with Crippen molar-refractivity contribution in [2.75, 3.05) is 26.2 Å². The molecule has 3 aliphatic rings. The summed E-state index contributed by atoms with van der Waals surface area (Å²) in [5, 5.41) is 13.5. The van der Waals surface area contributed by atoms with Crippen molar-refractivity contribution in [3.8, 4) is 0 Å². The number of hydrogen-bond acceptors (Lipinski definition) is 4. The van der Waals surface area contributed by atoms with Crippen LogP contribution in [0.4, 0.5) is 4.39 Å². The topological polar surface area (TPSA) is 72.9 Å². The molecule has 1 aliphatic carbocycles. The zero-order valence-electron chi connectivity index (χ0n) is 15.1. The van der Waals surface area contributed by atoms with Crippen LogP contribution < -0.4 is 5.32 Å². The van der Waals surface area contributed by atoms with Crippen molar-refractivity contribution in [1.29, 1.82) is 0 Å². The van der Waals surface area contributed by atoms with Crippen molar-refractivity contribution in [2.24, 2.45) is 11.8 Å². The number of amides is 2. The Bertz CT molecular complexity index is 759. The van der Waals surface area contributed by atoms with Gasteiger partial charge in [-0.3, -0.25) is 9.59 Å². The second-order valence-electron chi connectivity index (χ2n) is 7.74. The first-order chi connectivity index (χ1) is 12.8. The number of benzene rings is 1. The van der Waals surface area contributed by atoms with Crippen LogP contribution in [0.25, 0.3) is 0 Å². The number of aliphatic hydroxyl groups is 1. The molecule has 1 aromatic rings. The van der Waals surface area contributed by atoms with Gasteiger partial charge in [0.2, 0.25) is 5.60 Å². The van der Waals surface area contributed by atoms with Crippen LogP contribution in [0, 0.1) is 17.7 Å². The molecule has 2 heterocycles. The zero-order valence-corrected chi connectivity index (χ0v) is 15.9. The van der Waals surface area contributed by atoms with Crippen LogP contribution in [0.2, 0.25) is 5.02 Å². The second-order valence-corrected chi connectivity index (χ2v) is 8.18. The number of rotatable bonds is 5. The smallest absolute Gasteiger partial charge is 0.264 e. The highest BCUT2D eigenvalue weighted by molar-refractivity contribution is 6.30. The Morgan fingerprint density at radius 2 is 2.07 bits per heavy atom. The van der Waals surface area contributed by atoms with Crippen LogP contribution in [-0.4, -0.2) is 64.5 Å². The third kappa shape index (κ3) is 3.22. The van der Waals surface area contributed by atoms with Crippen LogP contribution in [0.5, 0.6) is 0 Å². The number of carbonyl (C=O) groups is 2. The summed E-state index contributed by atoms with van der Waals surface area (Å²) in [5.74, 6) is -0.853. The van der Waals surface area contributed by atoms with E-state index in [2.05, 4.69) is 17.1 Å². The van der Waals surface area contributed by atoms with Gasteiger partial charge in [-0.2, -0.15) is 0 Å². The molecule has 2 N–H and O–H groups in total. The van der Waals surface area contributed by atoms with Crippen molar-refractivity contribution < 1.29 is 19.1 Å². The van der Waals surface area contributed by atoms with E-state index in [1.165, 1.54) is 18.2 Å². The molecule has 3 unspecified atom stereocenters. The number of nitrogens with one attached hydrogen (secondary N) is 1. The summed E-state index contributed by atoms with van der Waals surface area (Å²) in [5.41, 5.74) is -1.58. The first kappa shape index (κ1) is 18.7. The maximum Gasteiger partial charge on any atom is 0.264 e. The van der Waals surface area contributed by atoms with Gasteiger partial charge in [0.05, 0.1) is 0 Å². The zero-order chi connectivity index (χ0) is 19.3. The SMILES string of the molecule is CCN1CC2C(C1)C2N1CCC(O)(C(=O)NCc2cc(F)cc(Cl)c2)C1=O. The Kier molecular flexibility index (Phi) is 4.64. The highest BCUT2D eigenvalue weighted by Gasteiger charge is 2.63. The molecule has 0 aromatic heterocycles. The fourth-order valence-corrected chi connectivity index (χ4v) is 4.81. The molecule has 8 heteroatoms. The predicted octanol–water partition coefficient (Wildman–Crippen LogP) is 1.01. The maximum absolute atomic E-state index is 13.4. The third-order valence-electron chi connectivity index (χ3n) is 6.11. The largest absolute Gasteiger partial charge is 0.372 e. The van der Waals surface area contributed by atoms with Gasteiger partial charge >= 0.3 is 0 Å². The summed E-state index contributed by atoms with van der Waals surface area (Å²) < 4.78 is 13.4. The molecule has 4 rings (SSSR count). The molecule has 27 heavy (non-hydrogen) atoms. The van der Waals surface area contributed by atoms with Gasteiger partial charge in [-0.15, -0.1) is 0 Å². The van der Waals surface area contributed by atoms with E-state index >= 15 is 0 Å². The Balaban J connectivity index is 1.37. The number of hydrogen-bond donors (Lipinski definition) is 2. The summed E-state index contributed by atoms with van der Waals surface area (Å²) >= 11 is 5.80. The minimum atomic E-state index is -2.04. The Labute approximate surface area is 162 Å². The maximum atomic E-state index is 13.4. The van der Waals surface area contributed by atoms with Crippen LogP contribution in [0.3, 0.4) is 0 Å². The predicted molar refractivity (Wildman–Crippen MR) is 97.4 cm³/mol. The average Bonchev–Trinajstić information content (AvgIpc) is 2.97. The lowest BCUT2D eigenvalue weighted by Crippen LogP contribution is -2.53. The minimum Gasteiger partial charge on any atom is -0.372 e. The Morgan fingerprint density at radius 1 is 1.37 bits per heavy atom. The van der Waals surface area contributed by atoms with E-state index in [0.29, 0.717) is 23.9 Å². The van der Waals surface area contributed by atoms with E-state index < -0.39 is 23.2 Å². The quantitative estimate of drug-likeness (QED) is 0.730. The molecular formula is C19H23ClFN3O3. The number of carbonyl (C=O) groups excluding carboxylic acids is 2. The van der Waals surface area contributed by atoms with Gasteiger partial charge in [-0.1, -0.05) is 18.5 Å². The fraction of sp³-hybridized carbons (Fsp3) is 0.579. The number of likely N-dealkylation sites (tertiary alicyclic amines) is 2. The lowest BCUT2D eigenvalue weighted by molar-refractivity contribution is -0.155. The number of piperidine rings is 1. The van der Waals surface area contributed by atoms with E-state index in [0.717, 1.165) is 19.6 Å². The highest BCUT2D eigenvalue weighted by Crippen LogP contribution is 2.50. The van der Waals surface area contributed by atoms with Gasteiger partial charge < -0.3 is 20.2 Å². The lowest BCUT2D eigenvalue weighted by atomic mass is 10.0. The van der Waals surface area contributed by atoms with Gasteiger partial charge in [0.25, 0.3) is 11.8 Å². The molecule has 1 aromatic carbocycles. The van der Waals surface area contributed by atoms with Gasteiger partial charge in [-0.05, 0) is 42.1 Å². The van der Waals surface area contributed by atoms with Crippen molar-refractivity contribution in [2.45, 2.75) is 31.5 Å². The van der Waals surface area contributed by atoms with Crippen LogP contribution in [0.1, 0.15) is 18.9 Å². The number of nitrogens with zero attached hydrogens (tertiary/aromatic N) is 2. The molecule has 0 radical (unpaired) electrons. The number of halogens is 2. The number of fused-ring (bicyclic) bond motifs is 1. The van der Waals surface area contributed by atoms with E-state index in [1.807, 2.05) is 0 Å². The second kappa shape index (κ2) is 6.72. The summed E-state index contributed by atoms with van der Waals surface area (Å²) in [6.45, 7) is 5.45. The van der Waals surface area contributed by atoms with Crippen molar-refractivity contribution in [1.82, 2.24) is 15.1 Å². The molecule has 6 nitrogen and oxygen atoms in total. The fourth-order valence-electron chi connectivity index (χ4n) is 4.57. The molecule has 3 fully saturated rings.